The molecule has 1 saturated carbocycles. The Balaban J connectivity index is 1.91. The number of phenolic OH excluding ortho intramolecular Hbond substituents is 2. The Morgan fingerprint density at radius 3 is 2.88 bits per heavy atom. The van der Waals surface area contributed by atoms with Crippen molar-refractivity contribution in [1.82, 2.24) is 10.1 Å². The highest BCUT2D eigenvalue weighted by Crippen LogP contribution is 2.34. The van der Waals surface area contributed by atoms with Gasteiger partial charge in [-0.3, -0.25) is 0 Å². The Morgan fingerprint density at radius 2 is 2.12 bits per heavy atom. The fourth-order valence-electron chi connectivity index (χ4n) is 1.72. The number of aromatic nitrogens is 2. The van der Waals surface area contributed by atoms with Crippen LogP contribution in [0.25, 0.3) is 11.5 Å². The van der Waals surface area contributed by atoms with E-state index in [1.165, 1.54) is 31.0 Å². The fourth-order valence-corrected chi connectivity index (χ4v) is 1.72. The van der Waals surface area contributed by atoms with Crippen LogP contribution < -0.4 is 0 Å². The minimum absolute atomic E-state index is 0.0180. The molecule has 0 aliphatic heterocycles. The van der Waals surface area contributed by atoms with Crippen LogP contribution in [0.15, 0.2) is 22.7 Å². The van der Waals surface area contributed by atoms with E-state index in [2.05, 4.69) is 10.1 Å². The summed E-state index contributed by atoms with van der Waals surface area (Å²) in [5.74, 6) is 1.65. The van der Waals surface area contributed by atoms with Crippen molar-refractivity contribution < 1.29 is 14.7 Å². The van der Waals surface area contributed by atoms with Crippen LogP contribution in [0.1, 0.15) is 18.7 Å². The molecule has 3 rings (SSSR count). The molecule has 0 saturated heterocycles. The molecule has 1 aliphatic carbocycles. The van der Waals surface area contributed by atoms with Gasteiger partial charge in [0.1, 0.15) is 11.5 Å². The molecule has 1 aliphatic rings. The van der Waals surface area contributed by atoms with Gasteiger partial charge >= 0.3 is 0 Å². The van der Waals surface area contributed by atoms with Crippen LogP contribution in [0.4, 0.5) is 0 Å². The third kappa shape index (κ3) is 2.08. The monoisotopic (exact) mass is 232 g/mol. The minimum atomic E-state index is 0.0180. The lowest BCUT2D eigenvalue weighted by Gasteiger charge is -1.99. The van der Waals surface area contributed by atoms with Gasteiger partial charge in [-0.1, -0.05) is 5.16 Å². The summed E-state index contributed by atoms with van der Waals surface area (Å²) in [6, 6.07) is 4.21. The fraction of sp³-hybridized carbons (Fsp3) is 0.333. The van der Waals surface area contributed by atoms with Gasteiger partial charge in [0.05, 0.1) is 5.56 Å². The molecule has 2 N–H and O–H groups in total. The van der Waals surface area contributed by atoms with Crippen LogP contribution in [0.2, 0.25) is 0 Å². The zero-order chi connectivity index (χ0) is 11.8. The van der Waals surface area contributed by atoms with Crippen molar-refractivity contribution in [2.75, 3.05) is 0 Å². The quantitative estimate of drug-likeness (QED) is 0.792. The number of hydrogen-bond donors (Lipinski definition) is 2. The standard InChI is InChI=1S/C12H12N2O3/c15-8-3-4-10(16)9(6-8)12-13-11(14-17-12)5-7-1-2-7/h3-4,6-7,15-16H,1-2,5H2. The topological polar surface area (TPSA) is 79.4 Å². The van der Waals surface area contributed by atoms with Gasteiger partial charge in [-0.2, -0.15) is 4.98 Å². The van der Waals surface area contributed by atoms with Gasteiger partial charge in [0, 0.05) is 6.42 Å². The number of benzene rings is 1. The molecule has 5 heteroatoms. The van der Waals surface area contributed by atoms with E-state index in [1.54, 1.807) is 0 Å². The zero-order valence-corrected chi connectivity index (χ0v) is 9.13. The maximum absolute atomic E-state index is 9.65. The van der Waals surface area contributed by atoms with Crippen LogP contribution >= 0.6 is 0 Å². The number of rotatable bonds is 3. The average Bonchev–Trinajstić information content (AvgIpc) is 2.99. The molecule has 1 aromatic carbocycles. The molecule has 0 amide bonds. The molecule has 0 bridgehead atoms. The molecule has 0 atom stereocenters. The highest BCUT2D eigenvalue weighted by molar-refractivity contribution is 5.64. The summed E-state index contributed by atoms with van der Waals surface area (Å²) in [4.78, 5) is 4.21. The van der Waals surface area contributed by atoms with Gasteiger partial charge < -0.3 is 14.7 Å². The Bertz CT molecular complexity index is 546. The lowest BCUT2D eigenvalue weighted by molar-refractivity contribution is 0.414. The van der Waals surface area contributed by atoms with Crippen molar-refractivity contribution >= 4 is 0 Å². The summed E-state index contributed by atoms with van der Waals surface area (Å²) in [5.41, 5.74) is 0.361. The first-order chi connectivity index (χ1) is 8.22. The van der Waals surface area contributed by atoms with Crippen molar-refractivity contribution in [1.29, 1.82) is 0 Å². The van der Waals surface area contributed by atoms with Gasteiger partial charge in [-0.25, -0.2) is 0 Å². The molecule has 1 heterocycles. The number of nitrogens with zero attached hydrogens (tertiary/aromatic N) is 2. The Labute approximate surface area is 97.7 Å². The molecule has 0 radical (unpaired) electrons. The van der Waals surface area contributed by atoms with Crippen molar-refractivity contribution in [3.63, 3.8) is 0 Å². The van der Waals surface area contributed by atoms with Gasteiger partial charge in [0.2, 0.25) is 0 Å². The van der Waals surface area contributed by atoms with E-state index in [-0.39, 0.29) is 17.4 Å². The highest BCUT2D eigenvalue weighted by Gasteiger charge is 2.24. The van der Waals surface area contributed by atoms with E-state index < -0.39 is 0 Å². The summed E-state index contributed by atoms with van der Waals surface area (Å²) < 4.78 is 5.08. The zero-order valence-electron chi connectivity index (χ0n) is 9.13. The molecule has 1 fully saturated rings. The summed E-state index contributed by atoms with van der Waals surface area (Å²) >= 11 is 0. The Kier molecular flexibility index (Phi) is 2.24. The maximum atomic E-state index is 9.65. The third-order valence-corrected chi connectivity index (χ3v) is 2.85. The van der Waals surface area contributed by atoms with Gasteiger partial charge in [0.25, 0.3) is 5.89 Å². The average molecular weight is 232 g/mol. The third-order valence-electron chi connectivity index (χ3n) is 2.85. The summed E-state index contributed by atoms with van der Waals surface area (Å²) in [7, 11) is 0. The van der Waals surface area contributed by atoms with E-state index in [9.17, 15) is 10.2 Å². The van der Waals surface area contributed by atoms with Crippen molar-refractivity contribution in [3.05, 3.63) is 24.0 Å². The first-order valence-electron chi connectivity index (χ1n) is 5.57. The highest BCUT2D eigenvalue weighted by atomic mass is 16.5. The molecule has 0 unspecified atom stereocenters. The van der Waals surface area contributed by atoms with E-state index in [1.807, 2.05) is 0 Å². The number of aromatic hydroxyl groups is 2. The van der Waals surface area contributed by atoms with E-state index >= 15 is 0 Å². The smallest absolute Gasteiger partial charge is 0.261 e. The van der Waals surface area contributed by atoms with Crippen molar-refractivity contribution in [2.45, 2.75) is 19.3 Å². The van der Waals surface area contributed by atoms with Gasteiger partial charge in [0.15, 0.2) is 5.82 Å². The van der Waals surface area contributed by atoms with E-state index in [4.69, 9.17) is 4.52 Å². The van der Waals surface area contributed by atoms with Crippen LogP contribution in [0.5, 0.6) is 11.5 Å². The second-order valence-corrected chi connectivity index (χ2v) is 4.36. The van der Waals surface area contributed by atoms with Gasteiger partial charge in [-0.15, -0.1) is 0 Å². The maximum Gasteiger partial charge on any atom is 0.261 e. The summed E-state index contributed by atoms with van der Waals surface area (Å²) in [6.45, 7) is 0. The predicted molar refractivity (Wildman–Crippen MR) is 59.5 cm³/mol. The van der Waals surface area contributed by atoms with Crippen LogP contribution in [-0.2, 0) is 6.42 Å². The molecule has 88 valence electrons. The molecule has 1 aromatic heterocycles. The first kappa shape index (κ1) is 10.1. The summed E-state index contributed by atoms with van der Waals surface area (Å²) in [5, 5.41) is 22.9. The molecule has 0 spiro atoms. The van der Waals surface area contributed by atoms with Crippen molar-refractivity contribution in [2.24, 2.45) is 5.92 Å². The normalized spacial score (nSPS) is 15.1. The van der Waals surface area contributed by atoms with Crippen LogP contribution in [0.3, 0.4) is 0 Å². The molecule has 2 aromatic rings. The number of hydrogen-bond acceptors (Lipinski definition) is 5. The second kappa shape index (κ2) is 3.76. The summed E-state index contributed by atoms with van der Waals surface area (Å²) in [6.07, 6.45) is 3.27. The molecular formula is C12H12N2O3. The second-order valence-electron chi connectivity index (χ2n) is 4.36. The van der Waals surface area contributed by atoms with Crippen LogP contribution in [0, 0.1) is 5.92 Å². The lowest BCUT2D eigenvalue weighted by Crippen LogP contribution is -1.89. The Morgan fingerprint density at radius 1 is 1.29 bits per heavy atom. The molecular weight excluding hydrogens is 220 g/mol. The molecule has 5 nitrogen and oxygen atoms in total. The van der Waals surface area contributed by atoms with E-state index in [0.29, 0.717) is 17.3 Å². The van der Waals surface area contributed by atoms with Crippen LogP contribution in [-0.4, -0.2) is 20.4 Å². The minimum Gasteiger partial charge on any atom is -0.508 e. The van der Waals surface area contributed by atoms with Gasteiger partial charge in [-0.05, 0) is 37.0 Å². The van der Waals surface area contributed by atoms with Crippen molar-refractivity contribution in [3.8, 4) is 23.0 Å². The van der Waals surface area contributed by atoms with E-state index in [0.717, 1.165) is 6.42 Å². The SMILES string of the molecule is Oc1ccc(O)c(-c2nc(CC3CC3)no2)c1. The Hall–Kier alpha value is -2.04. The lowest BCUT2D eigenvalue weighted by atomic mass is 10.2. The first-order valence-corrected chi connectivity index (χ1v) is 5.57. The largest absolute Gasteiger partial charge is 0.508 e. The predicted octanol–water partition coefficient (Wildman–Crippen LogP) is 2.10. The molecule has 17 heavy (non-hydrogen) atoms. The number of phenols is 2.